The maximum atomic E-state index is 10.6. The van der Waals surface area contributed by atoms with Crippen LogP contribution in [0.25, 0.3) is 0 Å². The molecule has 150 valence electrons. The van der Waals surface area contributed by atoms with Crippen molar-refractivity contribution in [2.75, 3.05) is 19.8 Å². The van der Waals surface area contributed by atoms with Crippen molar-refractivity contribution in [3.05, 3.63) is 5.56 Å². The van der Waals surface area contributed by atoms with Gasteiger partial charge in [0.1, 0.15) is 0 Å². The fourth-order valence-corrected chi connectivity index (χ4v) is 2.70. The number of ether oxygens (including phenoxy) is 3. The van der Waals surface area contributed by atoms with E-state index in [1.165, 1.54) is 0 Å². The van der Waals surface area contributed by atoms with Gasteiger partial charge in [-0.15, -0.1) is 0 Å². The number of benzene rings is 1. The first-order valence-corrected chi connectivity index (χ1v) is 10.1. The number of rotatable bonds is 14. The Morgan fingerprint density at radius 2 is 1.12 bits per heavy atom. The monoisotopic (exact) mass is 368 g/mol. The molecule has 0 atom stereocenters. The van der Waals surface area contributed by atoms with Gasteiger partial charge in [0.05, 0.1) is 19.8 Å². The molecule has 5 heteroatoms. The lowest BCUT2D eigenvalue weighted by molar-refractivity contribution is 0.230. The lowest BCUT2D eigenvalue weighted by Gasteiger charge is -2.22. The summed E-state index contributed by atoms with van der Waals surface area (Å²) in [5.41, 5.74) is 0.613. The molecule has 0 amide bonds. The second-order valence-electron chi connectivity index (χ2n) is 6.52. The summed E-state index contributed by atoms with van der Waals surface area (Å²) in [6.45, 7) is 9.63. The molecule has 0 heterocycles. The molecule has 0 fully saturated rings. The van der Waals surface area contributed by atoms with Gasteiger partial charge in [-0.25, -0.2) is 0 Å². The van der Waals surface area contributed by atoms with Gasteiger partial charge in [0, 0.05) is 5.56 Å². The van der Waals surface area contributed by atoms with Crippen LogP contribution in [-0.4, -0.2) is 30.0 Å². The number of hydrogen-bond donors (Lipinski definition) is 2. The quantitative estimate of drug-likeness (QED) is 0.331. The SMILES string of the molecule is CCCCCCc1c(O)c(O)c(OCCC)c(OCCC)c1OCCC. The lowest BCUT2D eigenvalue weighted by atomic mass is 10.0. The Morgan fingerprint density at radius 3 is 1.65 bits per heavy atom. The van der Waals surface area contributed by atoms with Crippen molar-refractivity contribution in [3.8, 4) is 28.7 Å². The van der Waals surface area contributed by atoms with Crippen molar-refractivity contribution in [2.24, 2.45) is 0 Å². The fourth-order valence-electron chi connectivity index (χ4n) is 2.70. The van der Waals surface area contributed by atoms with Crippen molar-refractivity contribution in [1.29, 1.82) is 0 Å². The van der Waals surface area contributed by atoms with E-state index >= 15 is 0 Å². The van der Waals surface area contributed by atoms with E-state index in [-0.39, 0.29) is 17.2 Å². The van der Waals surface area contributed by atoms with Crippen LogP contribution in [0.15, 0.2) is 0 Å². The number of hydrogen-bond acceptors (Lipinski definition) is 5. The third-order valence-corrected chi connectivity index (χ3v) is 4.04. The molecule has 26 heavy (non-hydrogen) atoms. The second-order valence-corrected chi connectivity index (χ2v) is 6.52. The maximum absolute atomic E-state index is 10.6. The van der Waals surface area contributed by atoms with Crippen LogP contribution in [0.1, 0.15) is 78.2 Å². The molecule has 0 saturated heterocycles. The third kappa shape index (κ3) is 6.19. The van der Waals surface area contributed by atoms with E-state index in [0.717, 1.165) is 44.9 Å². The zero-order valence-electron chi connectivity index (χ0n) is 16.9. The van der Waals surface area contributed by atoms with E-state index in [0.29, 0.717) is 43.3 Å². The van der Waals surface area contributed by atoms with Crippen LogP contribution in [0, 0.1) is 0 Å². The van der Waals surface area contributed by atoms with Gasteiger partial charge in [-0.3, -0.25) is 0 Å². The van der Waals surface area contributed by atoms with Crippen molar-refractivity contribution in [1.82, 2.24) is 0 Å². The number of unbranched alkanes of at least 4 members (excludes halogenated alkanes) is 3. The molecule has 0 radical (unpaired) electrons. The first-order valence-electron chi connectivity index (χ1n) is 10.1. The Balaban J connectivity index is 3.32. The normalized spacial score (nSPS) is 10.8. The highest BCUT2D eigenvalue weighted by Crippen LogP contribution is 2.53. The van der Waals surface area contributed by atoms with Crippen LogP contribution in [0.4, 0.5) is 0 Å². The van der Waals surface area contributed by atoms with Crippen molar-refractivity contribution in [3.63, 3.8) is 0 Å². The van der Waals surface area contributed by atoms with Crippen molar-refractivity contribution < 1.29 is 24.4 Å². The first-order chi connectivity index (χ1) is 12.6. The molecule has 0 aliphatic heterocycles. The van der Waals surface area contributed by atoms with Crippen molar-refractivity contribution in [2.45, 2.75) is 79.1 Å². The summed E-state index contributed by atoms with van der Waals surface area (Å²) in [5.74, 6) is 0.704. The molecule has 0 unspecified atom stereocenters. The predicted molar refractivity (Wildman–Crippen MR) is 105 cm³/mol. The van der Waals surface area contributed by atoms with E-state index in [4.69, 9.17) is 14.2 Å². The van der Waals surface area contributed by atoms with Gasteiger partial charge in [0.15, 0.2) is 11.5 Å². The molecule has 0 bridgehead atoms. The van der Waals surface area contributed by atoms with Crippen LogP contribution in [-0.2, 0) is 6.42 Å². The maximum Gasteiger partial charge on any atom is 0.211 e. The van der Waals surface area contributed by atoms with E-state index < -0.39 is 0 Å². The highest BCUT2D eigenvalue weighted by atomic mass is 16.5. The zero-order chi connectivity index (χ0) is 19.4. The van der Waals surface area contributed by atoms with Gasteiger partial charge in [0.2, 0.25) is 17.2 Å². The Kier molecular flexibility index (Phi) is 10.7. The van der Waals surface area contributed by atoms with E-state index in [1.807, 2.05) is 20.8 Å². The molecule has 0 spiro atoms. The molecular formula is C21H36O5. The highest BCUT2D eigenvalue weighted by Gasteiger charge is 2.27. The number of aromatic hydroxyl groups is 2. The molecule has 1 aromatic rings. The van der Waals surface area contributed by atoms with Gasteiger partial charge in [-0.2, -0.15) is 0 Å². The van der Waals surface area contributed by atoms with Gasteiger partial charge >= 0.3 is 0 Å². The summed E-state index contributed by atoms with van der Waals surface area (Å²) in [4.78, 5) is 0. The topological polar surface area (TPSA) is 68.2 Å². The Labute approximate surface area is 158 Å². The smallest absolute Gasteiger partial charge is 0.211 e. The van der Waals surface area contributed by atoms with E-state index in [9.17, 15) is 10.2 Å². The summed E-state index contributed by atoms with van der Waals surface area (Å²) in [6, 6.07) is 0. The van der Waals surface area contributed by atoms with Crippen LogP contribution >= 0.6 is 0 Å². The lowest BCUT2D eigenvalue weighted by Crippen LogP contribution is -2.08. The molecule has 0 aliphatic carbocycles. The molecule has 5 nitrogen and oxygen atoms in total. The van der Waals surface area contributed by atoms with Gasteiger partial charge in [-0.1, -0.05) is 47.0 Å². The number of phenolic OH excluding ortho intramolecular Hbond substituents is 2. The molecule has 2 N–H and O–H groups in total. The average Bonchev–Trinajstić information content (AvgIpc) is 2.65. The fraction of sp³-hybridized carbons (Fsp3) is 0.714. The molecule has 0 aromatic heterocycles. The zero-order valence-corrected chi connectivity index (χ0v) is 16.9. The summed E-state index contributed by atoms with van der Waals surface area (Å²) < 4.78 is 17.5. The van der Waals surface area contributed by atoms with Gasteiger partial charge < -0.3 is 24.4 Å². The van der Waals surface area contributed by atoms with Crippen LogP contribution < -0.4 is 14.2 Å². The third-order valence-electron chi connectivity index (χ3n) is 4.04. The summed E-state index contributed by atoms with van der Waals surface area (Å²) in [6.07, 6.45) is 7.38. The Bertz CT molecular complexity index is 528. The predicted octanol–water partition coefficient (Wildman–Crippen LogP) is 5.59. The van der Waals surface area contributed by atoms with Gasteiger partial charge in [0.25, 0.3) is 0 Å². The minimum atomic E-state index is -0.251. The highest BCUT2D eigenvalue weighted by molar-refractivity contribution is 5.69. The Hall–Kier alpha value is -1.78. The minimum Gasteiger partial charge on any atom is -0.504 e. The molecule has 0 aliphatic rings. The summed E-state index contributed by atoms with van der Waals surface area (Å²) >= 11 is 0. The average molecular weight is 369 g/mol. The first kappa shape index (κ1) is 22.3. The standard InChI is InChI=1S/C21H36O5/c1-5-9-10-11-12-16-17(22)18(23)20(25-14-7-3)21(26-15-8-4)19(16)24-13-6-2/h22-23H,5-15H2,1-4H3. The van der Waals surface area contributed by atoms with Crippen LogP contribution in [0.2, 0.25) is 0 Å². The van der Waals surface area contributed by atoms with Crippen LogP contribution in [0.3, 0.4) is 0 Å². The van der Waals surface area contributed by atoms with Crippen molar-refractivity contribution >= 4 is 0 Å². The molecule has 0 saturated carbocycles. The Morgan fingerprint density at radius 1 is 0.577 bits per heavy atom. The van der Waals surface area contributed by atoms with E-state index in [1.54, 1.807) is 0 Å². The van der Waals surface area contributed by atoms with E-state index in [2.05, 4.69) is 6.92 Å². The summed E-state index contributed by atoms with van der Waals surface area (Å²) in [5, 5.41) is 21.1. The minimum absolute atomic E-state index is 0.150. The van der Waals surface area contributed by atoms with Gasteiger partial charge in [-0.05, 0) is 32.1 Å². The van der Waals surface area contributed by atoms with Crippen LogP contribution in [0.5, 0.6) is 28.7 Å². The largest absolute Gasteiger partial charge is 0.504 e. The molecular weight excluding hydrogens is 332 g/mol. The summed E-state index contributed by atoms with van der Waals surface area (Å²) in [7, 11) is 0. The number of phenols is 2. The molecule has 1 rings (SSSR count). The molecule has 1 aromatic carbocycles. The second kappa shape index (κ2) is 12.6.